The van der Waals surface area contributed by atoms with Crippen LogP contribution in [0.1, 0.15) is 20.3 Å². The fourth-order valence-electron chi connectivity index (χ4n) is 2.74. The molecule has 8 nitrogen and oxygen atoms in total. The zero-order valence-corrected chi connectivity index (χ0v) is 13.8. The summed E-state index contributed by atoms with van der Waals surface area (Å²) >= 11 is 1.45. The lowest BCUT2D eigenvalue weighted by molar-refractivity contribution is -0.197. The van der Waals surface area contributed by atoms with Gasteiger partial charge in [0.1, 0.15) is 30.3 Å². The molecule has 0 aromatic carbocycles. The number of fused-ring (bicyclic) bond motifs is 1. The van der Waals surface area contributed by atoms with Crippen LogP contribution in [0.4, 0.5) is 0 Å². The van der Waals surface area contributed by atoms with Gasteiger partial charge in [-0.3, -0.25) is 14.6 Å². The van der Waals surface area contributed by atoms with Gasteiger partial charge in [0.25, 0.3) is 0 Å². The van der Waals surface area contributed by atoms with Crippen molar-refractivity contribution in [1.82, 2.24) is 4.90 Å². The number of carbonyl (C=O) groups is 2. The molecule has 0 amide bonds. The van der Waals surface area contributed by atoms with Gasteiger partial charge in [-0.2, -0.15) is 0 Å². The Balaban J connectivity index is 1.73. The van der Waals surface area contributed by atoms with E-state index in [0.29, 0.717) is 0 Å². The summed E-state index contributed by atoms with van der Waals surface area (Å²) in [7, 11) is 0. The first-order chi connectivity index (χ1) is 11.0. The molecule has 3 heterocycles. The maximum absolute atomic E-state index is 11.3. The molecule has 5 unspecified atom stereocenters. The standard InChI is InChI=1S/C14H20N2O6S/c1-7(17)20-6-9-12(21-8(2)18)11(19)10-13(22-9)23-14(15-10)16-4-3-5-16/h9-13,19H,3-6H2,1-2H3. The first-order valence-electron chi connectivity index (χ1n) is 7.59. The fourth-order valence-corrected chi connectivity index (χ4v) is 4.02. The predicted molar refractivity (Wildman–Crippen MR) is 81.9 cm³/mol. The molecule has 0 saturated carbocycles. The first kappa shape index (κ1) is 16.5. The number of nitrogens with zero attached hydrogens (tertiary/aromatic N) is 2. The van der Waals surface area contributed by atoms with Gasteiger partial charge in [-0.1, -0.05) is 11.8 Å². The van der Waals surface area contributed by atoms with Crippen molar-refractivity contribution in [3.63, 3.8) is 0 Å². The van der Waals surface area contributed by atoms with E-state index in [1.807, 2.05) is 0 Å². The first-order valence-corrected chi connectivity index (χ1v) is 8.47. The SMILES string of the molecule is CC(=O)OCC1OC2SC(N3CCC3)=NC2C(O)C1OC(C)=O. The number of esters is 2. The molecular weight excluding hydrogens is 324 g/mol. The average molecular weight is 344 g/mol. The fraction of sp³-hybridized carbons (Fsp3) is 0.786. The average Bonchev–Trinajstić information content (AvgIpc) is 2.81. The van der Waals surface area contributed by atoms with Crippen molar-refractivity contribution in [2.24, 2.45) is 4.99 Å². The normalized spacial score (nSPS) is 35.9. The number of thioether (sulfide) groups is 1. The van der Waals surface area contributed by atoms with Crippen molar-refractivity contribution >= 4 is 28.9 Å². The number of rotatable bonds is 3. The zero-order chi connectivity index (χ0) is 16.6. The van der Waals surface area contributed by atoms with Gasteiger partial charge in [-0.05, 0) is 6.42 Å². The Labute approximate surface area is 138 Å². The highest BCUT2D eigenvalue weighted by molar-refractivity contribution is 8.14. The lowest BCUT2D eigenvalue weighted by Crippen LogP contribution is -2.57. The summed E-state index contributed by atoms with van der Waals surface area (Å²) in [5.41, 5.74) is -0.368. The third kappa shape index (κ3) is 3.46. The van der Waals surface area contributed by atoms with Crippen molar-refractivity contribution in [2.75, 3.05) is 19.7 Å². The monoisotopic (exact) mass is 344 g/mol. The van der Waals surface area contributed by atoms with E-state index in [1.165, 1.54) is 25.6 Å². The maximum atomic E-state index is 11.3. The topological polar surface area (TPSA) is 97.7 Å². The van der Waals surface area contributed by atoms with E-state index in [0.717, 1.165) is 24.7 Å². The molecule has 2 fully saturated rings. The number of amidine groups is 1. The molecule has 23 heavy (non-hydrogen) atoms. The quantitative estimate of drug-likeness (QED) is 0.700. The Morgan fingerprint density at radius 3 is 2.70 bits per heavy atom. The maximum Gasteiger partial charge on any atom is 0.303 e. The van der Waals surface area contributed by atoms with Crippen LogP contribution in [-0.4, -0.2) is 76.6 Å². The molecule has 3 aliphatic heterocycles. The number of hydrogen-bond acceptors (Lipinski definition) is 9. The number of aliphatic hydroxyl groups is 1. The highest BCUT2D eigenvalue weighted by Crippen LogP contribution is 2.39. The smallest absolute Gasteiger partial charge is 0.303 e. The molecule has 3 rings (SSSR count). The molecule has 0 radical (unpaired) electrons. The lowest BCUT2D eigenvalue weighted by Gasteiger charge is -2.39. The second-order valence-electron chi connectivity index (χ2n) is 5.77. The Morgan fingerprint density at radius 2 is 2.13 bits per heavy atom. The summed E-state index contributed by atoms with van der Waals surface area (Å²) in [6.45, 7) is 4.38. The summed E-state index contributed by atoms with van der Waals surface area (Å²) < 4.78 is 16.1. The summed E-state index contributed by atoms with van der Waals surface area (Å²) in [6.07, 6.45) is -1.49. The molecule has 1 N–H and O–H groups in total. The van der Waals surface area contributed by atoms with Gasteiger partial charge in [0.05, 0.1) is 0 Å². The van der Waals surface area contributed by atoms with Gasteiger partial charge < -0.3 is 24.2 Å². The molecule has 0 spiro atoms. The molecule has 5 atom stereocenters. The van der Waals surface area contributed by atoms with E-state index >= 15 is 0 Å². The molecule has 128 valence electrons. The minimum Gasteiger partial charge on any atom is -0.463 e. The zero-order valence-electron chi connectivity index (χ0n) is 13.0. The van der Waals surface area contributed by atoms with E-state index < -0.39 is 36.3 Å². The predicted octanol–water partition coefficient (Wildman–Crippen LogP) is -0.256. The Kier molecular flexibility index (Phi) is 4.79. The van der Waals surface area contributed by atoms with Crippen LogP contribution in [0.15, 0.2) is 4.99 Å². The number of hydrogen-bond donors (Lipinski definition) is 1. The largest absolute Gasteiger partial charge is 0.463 e. The van der Waals surface area contributed by atoms with Crippen LogP contribution < -0.4 is 0 Å². The van der Waals surface area contributed by atoms with Gasteiger partial charge in [0.2, 0.25) is 0 Å². The van der Waals surface area contributed by atoms with Gasteiger partial charge in [-0.15, -0.1) is 0 Å². The Morgan fingerprint density at radius 1 is 1.39 bits per heavy atom. The van der Waals surface area contributed by atoms with Crippen LogP contribution in [0, 0.1) is 0 Å². The molecule has 0 bridgehead atoms. The summed E-state index contributed by atoms with van der Waals surface area (Å²) in [5.74, 6) is -0.982. The minimum atomic E-state index is -0.996. The van der Waals surface area contributed by atoms with Crippen LogP contribution in [0.25, 0.3) is 0 Å². The van der Waals surface area contributed by atoms with E-state index in [9.17, 15) is 14.7 Å². The molecule has 3 aliphatic rings. The third-order valence-corrected chi connectivity index (χ3v) is 5.20. The number of likely N-dealkylation sites (tertiary alicyclic amines) is 1. The van der Waals surface area contributed by atoms with E-state index in [2.05, 4.69) is 9.89 Å². The molecule has 2 saturated heterocycles. The second kappa shape index (κ2) is 6.66. The van der Waals surface area contributed by atoms with Crippen molar-refractivity contribution in [3.8, 4) is 0 Å². The highest BCUT2D eigenvalue weighted by Gasteiger charge is 2.51. The van der Waals surface area contributed by atoms with E-state index in [1.54, 1.807) is 0 Å². The highest BCUT2D eigenvalue weighted by atomic mass is 32.2. The van der Waals surface area contributed by atoms with Crippen molar-refractivity contribution in [3.05, 3.63) is 0 Å². The Hall–Kier alpha value is -1.32. The third-order valence-electron chi connectivity index (χ3n) is 4.00. The number of aliphatic imine (C=N–C) groups is 1. The van der Waals surface area contributed by atoms with Gasteiger partial charge in [0.15, 0.2) is 11.3 Å². The van der Waals surface area contributed by atoms with Gasteiger partial charge in [0, 0.05) is 26.9 Å². The number of carbonyl (C=O) groups excluding carboxylic acids is 2. The summed E-state index contributed by atoms with van der Waals surface area (Å²) in [4.78, 5) is 29.0. The number of aliphatic hydroxyl groups excluding tert-OH is 1. The van der Waals surface area contributed by atoms with Crippen molar-refractivity contribution in [2.45, 2.75) is 50.1 Å². The van der Waals surface area contributed by atoms with Crippen LogP contribution >= 0.6 is 11.8 Å². The molecule has 0 aromatic rings. The summed E-state index contributed by atoms with van der Waals surface area (Å²) in [5, 5.41) is 11.4. The van der Waals surface area contributed by atoms with E-state index in [4.69, 9.17) is 14.2 Å². The van der Waals surface area contributed by atoms with Crippen LogP contribution in [-0.2, 0) is 23.8 Å². The number of ether oxygens (including phenoxy) is 3. The lowest BCUT2D eigenvalue weighted by atomic mass is 9.98. The Bertz CT molecular complexity index is 523. The van der Waals surface area contributed by atoms with Crippen LogP contribution in [0.2, 0.25) is 0 Å². The van der Waals surface area contributed by atoms with Gasteiger partial charge in [-0.25, -0.2) is 0 Å². The molecule has 0 aliphatic carbocycles. The van der Waals surface area contributed by atoms with Crippen LogP contribution in [0.5, 0.6) is 0 Å². The molecular formula is C14H20N2O6S. The minimum absolute atomic E-state index is 0.0762. The van der Waals surface area contributed by atoms with Crippen molar-refractivity contribution < 1.29 is 28.9 Å². The van der Waals surface area contributed by atoms with E-state index in [-0.39, 0.29) is 12.0 Å². The second-order valence-corrected chi connectivity index (χ2v) is 6.84. The summed E-state index contributed by atoms with van der Waals surface area (Å²) in [6, 6.07) is -0.492. The van der Waals surface area contributed by atoms with Crippen molar-refractivity contribution in [1.29, 1.82) is 0 Å². The van der Waals surface area contributed by atoms with Gasteiger partial charge >= 0.3 is 11.9 Å². The molecule has 0 aromatic heterocycles. The van der Waals surface area contributed by atoms with Crippen LogP contribution in [0.3, 0.4) is 0 Å². The molecule has 9 heteroatoms.